The number of rotatable bonds is 3. The molecule has 40 heavy (non-hydrogen) atoms. The van der Waals surface area contributed by atoms with Crippen LogP contribution in [0.15, 0.2) is 150 Å². The Morgan fingerprint density at radius 1 is 0.650 bits per heavy atom. The van der Waals surface area contributed by atoms with Crippen LogP contribution in [0.3, 0.4) is 0 Å². The fraction of sp³-hybridized carbons (Fsp3) is 0.103. The summed E-state index contributed by atoms with van der Waals surface area (Å²) in [5, 5.41) is 3.76. The third-order valence-electron chi connectivity index (χ3n) is 8.67. The fourth-order valence-corrected chi connectivity index (χ4v) is 6.82. The van der Waals surface area contributed by atoms with Crippen LogP contribution >= 0.6 is 0 Å². The van der Waals surface area contributed by atoms with Gasteiger partial charge < -0.3 is 0 Å². The lowest BCUT2D eigenvalue weighted by atomic mass is 9.67. The van der Waals surface area contributed by atoms with Gasteiger partial charge in [0.2, 0.25) is 0 Å². The van der Waals surface area contributed by atoms with Crippen molar-refractivity contribution in [2.45, 2.75) is 19.3 Å². The molecule has 0 bridgehead atoms. The molecular weight excluding hydrogens is 482 g/mol. The van der Waals surface area contributed by atoms with Gasteiger partial charge in [-0.15, -0.1) is 0 Å². The Balaban J connectivity index is 1.32. The first kappa shape index (κ1) is 23.2. The van der Waals surface area contributed by atoms with E-state index in [0.717, 1.165) is 30.5 Å². The summed E-state index contributed by atoms with van der Waals surface area (Å²) in [6, 6.07) is 37.4. The summed E-state index contributed by atoms with van der Waals surface area (Å²) in [5.74, 6) is 0.344. The van der Waals surface area contributed by atoms with Gasteiger partial charge in [0.05, 0.1) is 11.2 Å². The lowest BCUT2D eigenvalue weighted by Gasteiger charge is -2.37. The predicted molar refractivity (Wildman–Crippen MR) is 169 cm³/mol. The van der Waals surface area contributed by atoms with E-state index in [1.54, 1.807) is 0 Å². The smallest absolute Gasteiger partial charge is 0.0709 e. The highest BCUT2D eigenvalue weighted by atomic mass is 14.7. The number of hydrogen-bond donors (Lipinski definition) is 0. The highest BCUT2D eigenvalue weighted by molar-refractivity contribution is 5.99. The number of benzene rings is 4. The van der Waals surface area contributed by atoms with Gasteiger partial charge in [0.1, 0.15) is 0 Å². The molecule has 3 aliphatic carbocycles. The molecule has 0 amide bonds. The van der Waals surface area contributed by atoms with Gasteiger partial charge in [-0.25, -0.2) is 4.98 Å². The third-order valence-corrected chi connectivity index (χ3v) is 8.67. The fourth-order valence-electron chi connectivity index (χ4n) is 6.82. The standard InChI is InChI=1S/C39H29N/c1-2-12-28-24-31(21-20-26(28)10-1)39-34-17-6-4-15-32(34)38(33-16-5-7-18-35(33)39)30-14-9-13-29(25-30)37-23-22-27-11-3-8-19-36(27)40-37/h1-4,6-14,17-25,32H,5,15-16H2. The van der Waals surface area contributed by atoms with Gasteiger partial charge in [-0.3, -0.25) is 0 Å². The van der Waals surface area contributed by atoms with Crippen LogP contribution in [0.2, 0.25) is 0 Å². The van der Waals surface area contributed by atoms with E-state index in [0.29, 0.717) is 5.92 Å². The van der Waals surface area contributed by atoms with Crippen molar-refractivity contribution in [2.75, 3.05) is 0 Å². The third kappa shape index (κ3) is 3.81. The summed E-state index contributed by atoms with van der Waals surface area (Å²) in [7, 11) is 0. The maximum atomic E-state index is 5.01. The van der Waals surface area contributed by atoms with Crippen LogP contribution in [0.5, 0.6) is 0 Å². The summed E-state index contributed by atoms with van der Waals surface area (Å²) in [5.41, 5.74) is 13.1. The van der Waals surface area contributed by atoms with Crippen LogP contribution in [0.4, 0.5) is 0 Å². The quantitative estimate of drug-likeness (QED) is 0.235. The molecule has 1 heteroatoms. The lowest BCUT2D eigenvalue weighted by molar-refractivity contribution is 0.784. The van der Waals surface area contributed by atoms with E-state index in [9.17, 15) is 0 Å². The van der Waals surface area contributed by atoms with E-state index in [2.05, 4.69) is 134 Å². The minimum atomic E-state index is 0.344. The second-order valence-corrected chi connectivity index (χ2v) is 11.0. The minimum Gasteiger partial charge on any atom is -0.248 e. The lowest BCUT2D eigenvalue weighted by Crippen LogP contribution is -2.19. The molecule has 0 fully saturated rings. The van der Waals surface area contributed by atoms with Crippen molar-refractivity contribution in [1.82, 2.24) is 4.98 Å². The number of pyridine rings is 1. The van der Waals surface area contributed by atoms with Crippen molar-refractivity contribution in [2.24, 2.45) is 5.92 Å². The number of aromatic nitrogens is 1. The molecule has 5 aromatic rings. The molecular formula is C39H29N. The topological polar surface area (TPSA) is 12.9 Å². The number of fused-ring (bicyclic) bond motifs is 4. The first-order valence-electron chi connectivity index (χ1n) is 14.3. The van der Waals surface area contributed by atoms with E-state index in [-0.39, 0.29) is 0 Å². The van der Waals surface area contributed by atoms with Gasteiger partial charge in [-0.1, -0.05) is 109 Å². The van der Waals surface area contributed by atoms with E-state index in [4.69, 9.17) is 4.98 Å². The van der Waals surface area contributed by atoms with Crippen molar-refractivity contribution in [3.05, 3.63) is 161 Å². The molecule has 0 N–H and O–H groups in total. The van der Waals surface area contributed by atoms with Gasteiger partial charge in [0, 0.05) is 16.9 Å². The molecule has 190 valence electrons. The Bertz CT molecular complexity index is 1980. The van der Waals surface area contributed by atoms with Gasteiger partial charge in [-0.05, 0) is 93.3 Å². The minimum absolute atomic E-state index is 0.344. The maximum absolute atomic E-state index is 5.01. The first-order chi connectivity index (χ1) is 19.8. The van der Waals surface area contributed by atoms with Crippen LogP contribution in [0.1, 0.15) is 30.4 Å². The van der Waals surface area contributed by atoms with Crippen LogP contribution in [0, 0.1) is 5.92 Å². The zero-order valence-electron chi connectivity index (χ0n) is 22.3. The average Bonchev–Trinajstić information content (AvgIpc) is 3.03. The van der Waals surface area contributed by atoms with Crippen LogP contribution in [-0.2, 0) is 0 Å². The second kappa shape index (κ2) is 9.47. The van der Waals surface area contributed by atoms with Gasteiger partial charge in [0.25, 0.3) is 0 Å². The Kier molecular flexibility index (Phi) is 5.48. The van der Waals surface area contributed by atoms with Crippen LogP contribution in [-0.4, -0.2) is 4.98 Å². The summed E-state index contributed by atoms with van der Waals surface area (Å²) in [6.07, 6.45) is 14.9. The Morgan fingerprint density at radius 3 is 2.42 bits per heavy atom. The van der Waals surface area contributed by atoms with Crippen molar-refractivity contribution in [3.8, 4) is 11.3 Å². The molecule has 4 aromatic carbocycles. The zero-order valence-corrected chi connectivity index (χ0v) is 22.3. The Hall–Kier alpha value is -4.75. The molecule has 0 radical (unpaired) electrons. The summed E-state index contributed by atoms with van der Waals surface area (Å²) < 4.78 is 0. The molecule has 1 atom stereocenters. The van der Waals surface area contributed by atoms with E-state index in [1.165, 1.54) is 60.7 Å². The Labute approximate surface area is 235 Å². The van der Waals surface area contributed by atoms with E-state index < -0.39 is 0 Å². The van der Waals surface area contributed by atoms with Crippen molar-refractivity contribution in [3.63, 3.8) is 0 Å². The Morgan fingerprint density at radius 2 is 1.48 bits per heavy atom. The first-order valence-corrected chi connectivity index (χ1v) is 14.3. The highest BCUT2D eigenvalue weighted by Gasteiger charge is 2.34. The number of para-hydroxylation sites is 1. The monoisotopic (exact) mass is 511 g/mol. The van der Waals surface area contributed by atoms with Crippen molar-refractivity contribution < 1.29 is 0 Å². The van der Waals surface area contributed by atoms with Gasteiger partial charge in [-0.2, -0.15) is 0 Å². The largest absolute Gasteiger partial charge is 0.248 e. The maximum Gasteiger partial charge on any atom is 0.0709 e. The van der Waals surface area contributed by atoms with Gasteiger partial charge in [0.15, 0.2) is 0 Å². The van der Waals surface area contributed by atoms with Crippen LogP contribution in [0.25, 0.3) is 44.1 Å². The number of hydrogen-bond acceptors (Lipinski definition) is 1. The molecule has 0 aliphatic heterocycles. The molecule has 1 aromatic heterocycles. The summed E-state index contributed by atoms with van der Waals surface area (Å²) >= 11 is 0. The molecule has 0 spiro atoms. The summed E-state index contributed by atoms with van der Waals surface area (Å²) in [6.45, 7) is 0. The molecule has 1 nitrogen and oxygen atoms in total. The number of allylic oxidation sites excluding steroid dienone is 10. The molecule has 1 unspecified atom stereocenters. The molecule has 3 aliphatic rings. The molecule has 1 heterocycles. The van der Waals surface area contributed by atoms with Gasteiger partial charge >= 0.3 is 0 Å². The highest BCUT2D eigenvalue weighted by Crippen LogP contribution is 2.52. The average molecular weight is 512 g/mol. The predicted octanol–water partition coefficient (Wildman–Crippen LogP) is 10.1. The number of nitrogens with zero attached hydrogens (tertiary/aromatic N) is 1. The van der Waals surface area contributed by atoms with Crippen LogP contribution < -0.4 is 0 Å². The molecule has 8 rings (SSSR count). The van der Waals surface area contributed by atoms with E-state index in [1.807, 2.05) is 0 Å². The summed E-state index contributed by atoms with van der Waals surface area (Å²) in [4.78, 5) is 5.01. The zero-order chi connectivity index (χ0) is 26.5. The molecule has 0 saturated carbocycles. The SMILES string of the molecule is C1=CCC2C(=C1)C(c1ccc3ccccc3c1)=C1C=CCCC1=C2c1cccc(-c2ccc3ccccc3n2)c1. The second-order valence-electron chi connectivity index (χ2n) is 11.0. The van der Waals surface area contributed by atoms with Crippen molar-refractivity contribution in [1.29, 1.82) is 0 Å². The normalized spacial score (nSPS) is 18.2. The molecule has 0 saturated heterocycles. The van der Waals surface area contributed by atoms with E-state index >= 15 is 0 Å². The van der Waals surface area contributed by atoms with Crippen molar-refractivity contribution >= 4 is 32.8 Å².